The highest BCUT2D eigenvalue weighted by molar-refractivity contribution is 5.73. The van der Waals surface area contributed by atoms with Gasteiger partial charge >= 0.3 is 12.1 Å². The molecule has 0 bridgehead atoms. The third kappa shape index (κ3) is 14.5. The Morgan fingerprint density at radius 1 is 1.53 bits per heavy atom. The van der Waals surface area contributed by atoms with Crippen LogP contribution in [0.2, 0.25) is 0 Å². The van der Waals surface area contributed by atoms with Gasteiger partial charge in [0.1, 0.15) is 0 Å². The molecule has 7 heteroatoms. The lowest BCUT2D eigenvalue weighted by molar-refractivity contribution is -0.192. The van der Waals surface area contributed by atoms with Crippen molar-refractivity contribution >= 4 is 5.97 Å². The predicted molar refractivity (Wildman–Crippen MR) is 55.9 cm³/mol. The molecule has 0 aromatic rings. The third-order valence-corrected chi connectivity index (χ3v) is 1.40. The van der Waals surface area contributed by atoms with Crippen LogP contribution in [0.5, 0.6) is 0 Å². The van der Waals surface area contributed by atoms with Gasteiger partial charge in [-0.15, -0.1) is 0 Å². The van der Waals surface area contributed by atoms with Crippen molar-refractivity contribution in [1.82, 2.24) is 0 Å². The van der Waals surface area contributed by atoms with Crippen molar-refractivity contribution < 1.29 is 23.1 Å². The SMILES string of the molecule is CC(C)C[C@H](N)/C=C/C#N.O=C(O)C(F)(F)F. The van der Waals surface area contributed by atoms with E-state index in [1.54, 1.807) is 6.08 Å². The maximum Gasteiger partial charge on any atom is 0.490 e. The molecule has 0 amide bonds. The summed E-state index contributed by atoms with van der Waals surface area (Å²) in [6, 6.07) is 1.95. The fourth-order valence-electron chi connectivity index (χ4n) is 0.790. The number of nitriles is 1. The number of aliphatic carboxylic acids is 1. The molecule has 0 radical (unpaired) electrons. The van der Waals surface area contributed by atoms with Gasteiger partial charge < -0.3 is 10.8 Å². The van der Waals surface area contributed by atoms with Gasteiger partial charge in [-0.05, 0) is 12.3 Å². The molecule has 0 saturated heterocycles. The van der Waals surface area contributed by atoms with E-state index in [4.69, 9.17) is 20.9 Å². The average molecular weight is 252 g/mol. The minimum atomic E-state index is -5.08. The van der Waals surface area contributed by atoms with E-state index < -0.39 is 12.1 Å². The van der Waals surface area contributed by atoms with Crippen molar-refractivity contribution in [2.24, 2.45) is 11.7 Å². The second kappa shape index (κ2) is 8.58. The number of nitrogens with zero attached hydrogens (tertiary/aromatic N) is 1. The molecule has 0 aliphatic heterocycles. The third-order valence-electron chi connectivity index (χ3n) is 1.40. The van der Waals surface area contributed by atoms with Gasteiger partial charge in [0.2, 0.25) is 0 Å². The number of hydrogen-bond acceptors (Lipinski definition) is 3. The van der Waals surface area contributed by atoms with Crippen molar-refractivity contribution in [2.75, 3.05) is 0 Å². The maximum atomic E-state index is 10.6. The number of alkyl halides is 3. The first kappa shape index (κ1) is 17.8. The lowest BCUT2D eigenvalue weighted by Crippen LogP contribution is -2.21. The highest BCUT2D eigenvalue weighted by Gasteiger charge is 2.38. The van der Waals surface area contributed by atoms with Gasteiger partial charge in [-0.1, -0.05) is 19.9 Å². The van der Waals surface area contributed by atoms with E-state index in [-0.39, 0.29) is 6.04 Å². The summed E-state index contributed by atoms with van der Waals surface area (Å²) in [5.74, 6) is -2.16. The van der Waals surface area contributed by atoms with Crippen LogP contribution in [0.3, 0.4) is 0 Å². The van der Waals surface area contributed by atoms with E-state index >= 15 is 0 Å². The summed E-state index contributed by atoms with van der Waals surface area (Å²) in [7, 11) is 0. The first-order chi connectivity index (χ1) is 7.61. The summed E-state index contributed by atoms with van der Waals surface area (Å²) in [4.78, 5) is 8.90. The van der Waals surface area contributed by atoms with Crippen molar-refractivity contribution in [2.45, 2.75) is 32.5 Å². The van der Waals surface area contributed by atoms with Gasteiger partial charge in [0.05, 0.1) is 6.07 Å². The number of carboxylic acids is 1. The van der Waals surface area contributed by atoms with Crippen LogP contribution in [0.25, 0.3) is 0 Å². The van der Waals surface area contributed by atoms with E-state index in [9.17, 15) is 13.2 Å². The summed E-state index contributed by atoms with van der Waals surface area (Å²) < 4.78 is 31.7. The Balaban J connectivity index is 0. The molecule has 98 valence electrons. The molecule has 4 nitrogen and oxygen atoms in total. The van der Waals surface area contributed by atoms with Gasteiger partial charge in [0, 0.05) is 12.1 Å². The number of carbonyl (C=O) groups is 1. The molecular weight excluding hydrogens is 237 g/mol. The first-order valence-electron chi connectivity index (χ1n) is 4.73. The topological polar surface area (TPSA) is 87.1 Å². The van der Waals surface area contributed by atoms with Crippen LogP contribution >= 0.6 is 0 Å². The second-order valence-corrected chi connectivity index (χ2v) is 3.58. The van der Waals surface area contributed by atoms with E-state index in [2.05, 4.69) is 13.8 Å². The Bertz CT molecular complexity index is 293. The second-order valence-electron chi connectivity index (χ2n) is 3.58. The molecule has 0 aromatic carbocycles. The number of nitrogens with two attached hydrogens (primary N) is 1. The zero-order chi connectivity index (χ0) is 14.1. The smallest absolute Gasteiger partial charge is 0.475 e. The molecule has 17 heavy (non-hydrogen) atoms. The van der Waals surface area contributed by atoms with E-state index in [1.807, 2.05) is 6.07 Å². The quantitative estimate of drug-likeness (QED) is 0.753. The standard InChI is InChI=1S/C8H14N2.C2HF3O2/c1-7(2)6-8(10)4-3-5-9;3-2(4,5)1(6)7/h3-4,7-8H,6,10H2,1-2H3;(H,6,7)/b4-3+;/t8-;/m1./s1. The van der Waals surface area contributed by atoms with Crippen LogP contribution in [-0.2, 0) is 4.79 Å². The molecular formula is C10H15F3N2O2. The number of hydrogen-bond donors (Lipinski definition) is 2. The first-order valence-corrected chi connectivity index (χ1v) is 4.73. The van der Waals surface area contributed by atoms with E-state index in [0.29, 0.717) is 5.92 Å². The van der Waals surface area contributed by atoms with Gasteiger partial charge in [-0.25, -0.2) is 4.79 Å². The van der Waals surface area contributed by atoms with Crippen LogP contribution in [0.4, 0.5) is 13.2 Å². The van der Waals surface area contributed by atoms with E-state index in [1.165, 1.54) is 6.08 Å². The zero-order valence-electron chi connectivity index (χ0n) is 9.53. The monoisotopic (exact) mass is 252 g/mol. The van der Waals surface area contributed by atoms with Gasteiger partial charge in [-0.2, -0.15) is 18.4 Å². The lowest BCUT2D eigenvalue weighted by Gasteiger charge is -2.07. The van der Waals surface area contributed by atoms with Crippen molar-refractivity contribution in [3.63, 3.8) is 0 Å². The number of allylic oxidation sites excluding steroid dienone is 1. The highest BCUT2D eigenvalue weighted by atomic mass is 19.4. The van der Waals surface area contributed by atoms with Crippen molar-refractivity contribution in [1.29, 1.82) is 5.26 Å². The lowest BCUT2D eigenvalue weighted by atomic mass is 10.0. The fourth-order valence-corrected chi connectivity index (χ4v) is 0.790. The van der Waals surface area contributed by atoms with Crippen LogP contribution in [0.15, 0.2) is 12.2 Å². The molecule has 1 atom stereocenters. The zero-order valence-corrected chi connectivity index (χ0v) is 9.53. The fraction of sp³-hybridized carbons (Fsp3) is 0.600. The number of carboxylic acid groups (broad SMARTS) is 1. The molecule has 0 aromatic heterocycles. The summed E-state index contributed by atoms with van der Waals surface area (Å²) in [6.45, 7) is 4.22. The van der Waals surface area contributed by atoms with Crippen LogP contribution in [-0.4, -0.2) is 23.3 Å². The Hall–Kier alpha value is -1.55. The molecule has 0 fully saturated rings. The largest absolute Gasteiger partial charge is 0.490 e. The Morgan fingerprint density at radius 3 is 2.18 bits per heavy atom. The van der Waals surface area contributed by atoms with Crippen molar-refractivity contribution in [3.8, 4) is 6.07 Å². The summed E-state index contributed by atoms with van der Waals surface area (Å²) >= 11 is 0. The summed E-state index contributed by atoms with van der Waals surface area (Å²) in [5, 5.41) is 15.3. The Labute approximate surface area is 97.5 Å². The highest BCUT2D eigenvalue weighted by Crippen LogP contribution is 2.13. The van der Waals surface area contributed by atoms with Gasteiger partial charge in [-0.3, -0.25) is 0 Å². The average Bonchev–Trinajstić information content (AvgIpc) is 2.13. The van der Waals surface area contributed by atoms with Crippen LogP contribution < -0.4 is 5.73 Å². The molecule has 0 spiro atoms. The molecule has 0 saturated carbocycles. The maximum absolute atomic E-state index is 10.6. The van der Waals surface area contributed by atoms with Crippen LogP contribution in [0.1, 0.15) is 20.3 Å². The number of rotatable bonds is 3. The normalized spacial score (nSPS) is 12.8. The van der Waals surface area contributed by atoms with Gasteiger partial charge in [0.15, 0.2) is 0 Å². The Kier molecular flexibility index (Phi) is 9.01. The molecule has 3 N–H and O–H groups in total. The molecule has 0 aliphatic rings. The van der Waals surface area contributed by atoms with E-state index in [0.717, 1.165) is 6.42 Å². The molecule has 0 rings (SSSR count). The molecule has 0 unspecified atom stereocenters. The van der Waals surface area contributed by atoms with Crippen molar-refractivity contribution in [3.05, 3.63) is 12.2 Å². The number of halogens is 3. The molecule has 0 aliphatic carbocycles. The predicted octanol–water partition coefficient (Wildman–Crippen LogP) is 2.07. The summed E-state index contributed by atoms with van der Waals surface area (Å²) in [6.07, 6.45) is -0.967. The van der Waals surface area contributed by atoms with Crippen LogP contribution in [0, 0.1) is 17.2 Å². The minimum Gasteiger partial charge on any atom is -0.475 e. The Morgan fingerprint density at radius 2 is 1.94 bits per heavy atom. The molecule has 0 heterocycles. The van der Waals surface area contributed by atoms with Gasteiger partial charge in [0.25, 0.3) is 0 Å². The minimum absolute atomic E-state index is 0.0413. The summed E-state index contributed by atoms with van der Waals surface area (Å²) in [5.41, 5.74) is 5.62.